The topological polar surface area (TPSA) is 69.9 Å². The molecule has 0 spiro atoms. The zero-order valence-electron chi connectivity index (χ0n) is 40.9. The van der Waals surface area contributed by atoms with Gasteiger partial charge in [-0.3, -0.25) is 0 Å². The molecule has 6 heterocycles. The summed E-state index contributed by atoms with van der Waals surface area (Å²) in [4.78, 5) is 16.0. The van der Waals surface area contributed by atoms with Crippen LogP contribution in [0, 0.1) is 0 Å². The molecule has 17 rings (SSSR count). The van der Waals surface area contributed by atoms with Crippen molar-refractivity contribution in [2.45, 2.75) is 0 Å². The molecule has 0 N–H and O–H groups in total. The lowest BCUT2D eigenvalue weighted by atomic mass is 9.98. The highest BCUT2D eigenvalue weighted by Crippen LogP contribution is 2.44. The van der Waals surface area contributed by atoms with Crippen LogP contribution in [0.15, 0.2) is 239 Å². The van der Waals surface area contributed by atoms with Gasteiger partial charge in [0.05, 0.1) is 11.0 Å². The number of aromatic nitrogens is 4. The summed E-state index contributed by atoms with van der Waals surface area (Å²) < 4.78 is 20.3. The third-order valence-electron chi connectivity index (χ3n) is 15.5. The highest BCUT2D eigenvalue weighted by atomic mass is 32.1. The average Bonchev–Trinajstić information content (AvgIpc) is 4.34. The van der Waals surface area contributed by atoms with Crippen molar-refractivity contribution < 1.29 is 8.83 Å². The largest absolute Gasteiger partial charge is 0.456 e. The Morgan fingerprint density at radius 2 is 0.844 bits per heavy atom. The van der Waals surface area contributed by atoms with Crippen LogP contribution in [0.4, 0.5) is 0 Å². The highest BCUT2D eigenvalue weighted by molar-refractivity contribution is 7.26. The van der Waals surface area contributed by atoms with Crippen molar-refractivity contribution >= 4 is 129 Å². The van der Waals surface area contributed by atoms with Crippen LogP contribution in [0.3, 0.4) is 0 Å². The molecule has 77 heavy (non-hydrogen) atoms. The van der Waals surface area contributed by atoms with Crippen molar-refractivity contribution in [3.63, 3.8) is 0 Å². The first-order valence-electron chi connectivity index (χ1n) is 25.7. The molecule has 0 saturated heterocycles. The van der Waals surface area contributed by atoms with Crippen LogP contribution in [-0.4, -0.2) is 19.5 Å². The van der Waals surface area contributed by atoms with Crippen LogP contribution in [-0.2, 0) is 0 Å². The van der Waals surface area contributed by atoms with Gasteiger partial charge in [0.15, 0.2) is 17.5 Å². The molecule has 17 aromatic rings. The number of hydrogen-bond acceptors (Lipinski definition) is 7. The minimum absolute atomic E-state index is 0.561. The van der Waals surface area contributed by atoms with Gasteiger partial charge in [0.25, 0.3) is 0 Å². The van der Waals surface area contributed by atoms with E-state index in [0.29, 0.717) is 17.5 Å². The van der Waals surface area contributed by atoms with Gasteiger partial charge in [-0.25, -0.2) is 15.0 Å². The molecule has 0 aliphatic rings. The summed E-state index contributed by atoms with van der Waals surface area (Å²) in [6, 6.07) is 82.2. The van der Waals surface area contributed by atoms with E-state index in [2.05, 4.69) is 205 Å². The summed E-state index contributed by atoms with van der Waals surface area (Å²) in [5, 5.41) is 11.4. The number of hydrogen-bond donors (Lipinski definition) is 0. The van der Waals surface area contributed by atoms with Gasteiger partial charge in [-0.2, -0.15) is 0 Å². The maximum atomic E-state index is 6.66. The molecular weight excluding hydrogens is 981 g/mol. The molecule has 6 nitrogen and oxygen atoms in total. The van der Waals surface area contributed by atoms with E-state index in [1.807, 2.05) is 41.7 Å². The molecule has 0 aliphatic heterocycles. The van der Waals surface area contributed by atoms with Crippen molar-refractivity contribution in [1.82, 2.24) is 19.5 Å². The second kappa shape index (κ2) is 16.4. The first-order chi connectivity index (χ1) is 38.1. The normalized spacial score (nSPS) is 12.2. The van der Waals surface area contributed by atoms with E-state index in [4.69, 9.17) is 23.8 Å². The Hall–Kier alpha value is -9.73. The van der Waals surface area contributed by atoms with Crippen LogP contribution in [0.1, 0.15) is 0 Å². The predicted molar refractivity (Wildman–Crippen MR) is 322 cm³/mol. The molecule has 0 aliphatic carbocycles. The highest BCUT2D eigenvalue weighted by Gasteiger charge is 2.22. The summed E-state index contributed by atoms with van der Waals surface area (Å²) in [7, 11) is 0. The van der Waals surface area contributed by atoms with E-state index in [9.17, 15) is 0 Å². The second-order valence-electron chi connectivity index (χ2n) is 19.8. The fraction of sp³-hybridized carbons (Fsp3) is 0. The molecule has 8 heteroatoms. The summed E-state index contributed by atoms with van der Waals surface area (Å²) in [6.45, 7) is 0. The van der Waals surface area contributed by atoms with Crippen LogP contribution >= 0.6 is 22.7 Å². The van der Waals surface area contributed by atoms with Crippen LogP contribution in [0.2, 0.25) is 0 Å². The zero-order chi connectivity index (χ0) is 50.3. The third-order valence-corrected chi connectivity index (χ3v) is 17.7. The lowest BCUT2D eigenvalue weighted by molar-refractivity contribution is 0.668. The SMILES string of the molecule is c1ccc(-n2c3ccccc3c3cc(-c4ccc5c(c4)sc4ccc(-c6ccc7oc8cccc(-c9nc(-c%10ccc%11c(c%10)oc%10ccccc%10%11)nc(-c%10cccc%11sc%12ccccc%12c%10%11)n9)c8c7c6)cc45)ccc32)cc1. The maximum Gasteiger partial charge on any atom is 0.164 e. The van der Waals surface area contributed by atoms with Gasteiger partial charge in [0.1, 0.15) is 22.3 Å². The predicted octanol–water partition coefficient (Wildman–Crippen LogP) is 19.8. The monoisotopic (exact) mass is 1020 g/mol. The average molecular weight is 1020 g/mol. The summed E-state index contributed by atoms with van der Waals surface area (Å²) in [5.41, 5.74) is 14.1. The molecular formula is C69H38N4O2S2. The van der Waals surface area contributed by atoms with E-state index in [1.54, 1.807) is 11.3 Å². The number of furan rings is 2. The van der Waals surface area contributed by atoms with Crippen LogP contribution in [0.25, 0.3) is 168 Å². The van der Waals surface area contributed by atoms with E-state index in [0.717, 1.165) is 82.8 Å². The first kappa shape index (κ1) is 42.6. The van der Waals surface area contributed by atoms with Crippen molar-refractivity contribution in [3.8, 4) is 62.1 Å². The molecule has 0 unspecified atom stereocenters. The van der Waals surface area contributed by atoms with Crippen molar-refractivity contribution in [3.05, 3.63) is 231 Å². The van der Waals surface area contributed by atoms with E-state index in [-0.39, 0.29) is 0 Å². The van der Waals surface area contributed by atoms with Gasteiger partial charge in [0, 0.05) is 95.0 Å². The summed E-state index contributed by atoms with van der Waals surface area (Å²) in [5.74, 6) is 1.73. The van der Waals surface area contributed by atoms with Crippen LogP contribution < -0.4 is 0 Å². The smallest absolute Gasteiger partial charge is 0.164 e. The number of nitrogens with zero attached hydrogens (tertiary/aromatic N) is 4. The Labute approximate surface area is 447 Å². The molecule has 0 bridgehead atoms. The fourth-order valence-electron chi connectivity index (χ4n) is 11.9. The standard InChI is InChI=1S/C69H38N4O2S2/c1-2-12-44(13-3-1)73-55-19-7-4-14-45(55)52-34-39(26-31-56(52)73)42-24-30-48-53-35-41(28-33-62(53)77-64(48)38-42)40-27-32-58-54(36-40)65-50(17-10-21-59(65)74-58)68-70-67(43-25-29-47-46-15-5-8-20-57(46)75-60(47)37-43)71-69(72-68)51-18-11-23-63-66(51)49-16-6-9-22-61(49)76-63/h1-38H. The minimum atomic E-state index is 0.561. The van der Waals surface area contributed by atoms with Gasteiger partial charge in [-0.05, 0) is 119 Å². The van der Waals surface area contributed by atoms with Crippen molar-refractivity contribution in [2.75, 3.05) is 0 Å². The van der Waals surface area contributed by atoms with Crippen LogP contribution in [0.5, 0.6) is 0 Å². The van der Waals surface area contributed by atoms with Gasteiger partial charge in [-0.1, -0.05) is 133 Å². The first-order valence-corrected chi connectivity index (χ1v) is 27.3. The minimum Gasteiger partial charge on any atom is -0.456 e. The quantitative estimate of drug-likeness (QED) is 0.166. The number of rotatable bonds is 6. The van der Waals surface area contributed by atoms with Gasteiger partial charge < -0.3 is 13.4 Å². The summed E-state index contributed by atoms with van der Waals surface area (Å²) >= 11 is 3.63. The Balaban J connectivity index is 0.786. The Morgan fingerprint density at radius 3 is 1.73 bits per heavy atom. The molecule has 0 saturated carbocycles. The number of benzene rings is 11. The van der Waals surface area contributed by atoms with E-state index >= 15 is 0 Å². The Bertz CT molecular complexity index is 5310. The lowest BCUT2D eigenvalue weighted by Crippen LogP contribution is -2.00. The molecule has 6 aromatic heterocycles. The molecule has 0 fully saturated rings. The second-order valence-corrected chi connectivity index (χ2v) is 22.0. The number of fused-ring (bicyclic) bond motifs is 15. The maximum absolute atomic E-state index is 6.66. The summed E-state index contributed by atoms with van der Waals surface area (Å²) in [6.07, 6.45) is 0. The molecule has 0 atom stereocenters. The number of thiophene rings is 2. The molecule has 0 amide bonds. The fourth-order valence-corrected chi connectivity index (χ4v) is 14.2. The van der Waals surface area contributed by atoms with E-state index < -0.39 is 0 Å². The van der Waals surface area contributed by atoms with Crippen molar-refractivity contribution in [1.29, 1.82) is 0 Å². The van der Waals surface area contributed by atoms with Gasteiger partial charge in [0.2, 0.25) is 0 Å². The third kappa shape index (κ3) is 6.56. The van der Waals surface area contributed by atoms with E-state index in [1.165, 1.54) is 67.9 Å². The van der Waals surface area contributed by atoms with Crippen molar-refractivity contribution in [2.24, 2.45) is 0 Å². The lowest BCUT2D eigenvalue weighted by Gasteiger charge is -2.10. The zero-order valence-corrected chi connectivity index (χ0v) is 42.5. The molecule has 358 valence electrons. The van der Waals surface area contributed by atoms with Gasteiger partial charge in [-0.15, -0.1) is 22.7 Å². The molecule has 0 radical (unpaired) electrons. The molecule has 11 aromatic carbocycles. The van der Waals surface area contributed by atoms with Gasteiger partial charge >= 0.3 is 0 Å². The Morgan fingerprint density at radius 1 is 0.286 bits per heavy atom. The Kier molecular flexibility index (Phi) is 9.07. The number of para-hydroxylation sites is 3.